The molecule has 2 aromatic heterocycles. The van der Waals surface area contributed by atoms with Crippen molar-refractivity contribution in [3.8, 4) is 0 Å². The van der Waals surface area contributed by atoms with Gasteiger partial charge < -0.3 is 15.6 Å². The molecule has 8 heteroatoms. The fourth-order valence-corrected chi connectivity index (χ4v) is 4.72. The smallest absolute Gasteiger partial charge is 0.229 e. The summed E-state index contributed by atoms with van der Waals surface area (Å²) >= 11 is 6.32. The van der Waals surface area contributed by atoms with Gasteiger partial charge in [0.2, 0.25) is 5.95 Å². The first-order chi connectivity index (χ1) is 16.3. The number of Topliss-reactive ketones (excluding diaryl/α,β-unsaturated/α-hetero) is 1. The summed E-state index contributed by atoms with van der Waals surface area (Å²) in [4.78, 5) is 26.3. The number of benzene rings is 1. The fraction of sp³-hybridized carbons (Fsp3) is 0.423. The molecule has 1 aliphatic heterocycles. The zero-order valence-electron chi connectivity index (χ0n) is 20.3. The molecular formula is C26H33ClN6O. The minimum absolute atomic E-state index is 0.316. The molecule has 3 heterocycles. The number of hydrogen-bond donors (Lipinski definition) is 3. The van der Waals surface area contributed by atoms with E-state index in [1.54, 1.807) is 6.20 Å². The minimum atomic E-state index is 0.316. The highest BCUT2D eigenvalue weighted by atomic mass is 35.5. The molecule has 1 atom stereocenters. The lowest BCUT2D eigenvalue weighted by Crippen LogP contribution is -2.38. The number of nitrogens with zero attached hydrogens (tertiary/aromatic N) is 3. The van der Waals surface area contributed by atoms with E-state index in [-0.39, 0.29) is 0 Å². The number of aromatic nitrogens is 3. The van der Waals surface area contributed by atoms with Crippen molar-refractivity contribution >= 4 is 40.5 Å². The number of anilines is 4. The summed E-state index contributed by atoms with van der Waals surface area (Å²) in [6.45, 7) is 10.7. The Kier molecular flexibility index (Phi) is 7.54. The number of ketones is 1. The predicted molar refractivity (Wildman–Crippen MR) is 139 cm³/mol. The first-order valence-electron chi connectivity index (χ1n) is 11.9. The van der Waals surface area contributed by atoms with Gasteiger partial charge in [-0.15, -0.1) is 0 Å². The monoisotopic (exact) mass is 480 g/mol. The van der Waals surface area contributed by atoms with Gasteiger partial charge in [0.15, 0.2) is 5.82 Å². The van der Waals surface area contributed by atoms with Gasteiger partial charge in [0.05, 0.1) is 18.4 Å². The minimum Gasteiger partial charge on any atom is -0.363 e. The predicted octanol–water partition coefficient (Wildman–Crippen LogP) is 6.03. The summed E-state index contributed by atoms with van der Waals surface area (Å²) in [6, 6.07) is 6.43. The first kappa shape index (κ1) is 24.2. The van der Waals surface area contributed by atoms with Crippen LogP contribution in [0, 0.1) is 20.8 Å². The molecule has 1 aliphatic rings. The van der Waals surface area contributed by atoms with Crippen LogP contribution >= 0.6 is 11.6 Å². The fourth-order valence-electron chi connectivity index (χ4n) is 4.58. The van der Waals surface area contributed by atoms with Crippen LogP contribution in [0.15, 0.2) is 30.6 Å². The molecule has 0 amide bonds. The standard InChI is InChI=1S/C26H33ClN6O/c1-5-21(34)15-33-8-6-7-19(14-33)22-9-17(3)24(10-16(22)2)31-26-29-13-23(27)25(32-26)30-20-11-18(4)28-12-20/h9-13,19,28H,5-8,14-15H2,1-4H3,(H2,29,30,31,32). The zero-order valence-corrected chi connectivity index (χ0v) is 21.1. The van der Waals surface area contributed by atoms with Crippen LogP contribution in [0.3, 0.4) is 0 Å². The lowest BCUT2D eigenvalue weighted by atomic mass is 9.86. The van der Waals surface area contributed by atoms with Crippen LogP contribution in [-0.2, 0) is 4.79 Å². The van der Waals surface area contributed by atoms with E-state index >= 15 is 0 Å². The second-order valence-corrected chi connectivity index (χ2v) is 9.61. The van der Waals surface area contributed by atoms with Crippen molar-refractivity contribution < 1.29 is 4.79 Å². The molecule has 7 nitrogen and oxygen atoms in total. The molecule has 180 valence electrons. The van der Waals surface area contributed by atoms with Gasteiger partial charge in [-0.3, -0.25) is 9.69 Å². The summed E-state index contributed by atoms with van der Waals surface area (Å²) in [5.41, 5.74) is 6.64. The number of carbonyl (C=O) groups excluding carboxylic acids is 1. The van der Waals surface area contributed by atoms with E-state index in [1.807, 2.05) is 26.1 Å². The van der Waals surface area contributed by atoms with Gasteiger partial charge in [0.1, 0.15) is 10.8 Å². The van der Waals surface area contributed by atoms with Crippen molar-refractivity contribution in [2.24, 2.45) is 0 Å². The highest BCUT2D eigenvalue weighted by Crippen LogP contribution is 2.33. The van der Waals surface area contributed by atoms with Crippen LogP contribution < -0.4 is 10.6 Å². The third kappa shape index (κ3) is 5.77. The second kappa shape index (κ2) is 10.6. The van der Waals surface area contributed by atoms with Gasteiger partial charge in [0.25, 0.3) is 0 Å². The molecule has 0 aliphatic carbocycles. The molecule has 3 aromatic rings. The number of carbonyl (C=O) groups is 1. The highest BCUT2D eigenvalue weighted by molar-refractivity contribution is 6.32. The average Bonchev–Trinajstić information content (AvgIpc) is 3.22. The molecule has 3 N–H and O–H groups in total. The lowest BCUT2D eigenvalue weighted by molar-refractivity contribution is -0.120. The Morgan fingerprint density at radius 1 is 1.21 bits per heavy atom. The number of halogens is 1. The Labute approximate surface area is 206 Å². The second-order valence-electron chi connectivity index (χ2n) is 9.20. The highest BCUT2D eigenvalue weighted by Gasteiger charge is 2.24. The van der Waals surface area contributed by atoms with Crippen LogP contribution in [0.4, 0.5) is 23.1 Å². The number of piperidine rings is 1. The zero-order chi connectivity index (χ0) is 24.2. The molecule has 1 saturated heterocycles. The van der Waals surface area contributed by atoms with E-state index in [2.05, 4.69) is 56.5 Å². The van der Waals surface area contributed by atoms with E-state index in [1.165, 1.54) is 11.1 Å². The van der Waals surface area contributed by atoms with Gasteiger partial charge in [0, 0.05) is 30.5 Å². The summed E-state index contributed by atoms with van der Waals surface area (Å²) in [5, 5.41) is 7.05. The van der Waals surface area contributed by atoms with Gasteiger partial charge in [-0.25, -0.2) is 4.98 Å². The maximum Gasteiger partial charge on any atom is 0.229 e. The summed E-state index contributed by atoms with van der Waals surface area (Å²) in [7, 11) is 0. The van der Waals surface area contributed by atoms with E-state index in [9.17, 15) is 4.79 Å². The van der Waals surface area contributed by atoms with E-state index in [4.69, 9.17) is 11.6 Å². The number of aromatic amines is 1. The Morgan fingerprint density at radius 3 is 2.76 bits per heavy atom. The van der Waals surface area contributed by atoms with Crippen molar-refractivity contribution in [3.63, 3.8) is 0 Å². The quantitative estimate of drug-likeness (QED) is 0.365. The molecule has 1 unspecified atom stereocenters. The summed E-state index contributed by atoms with van der Waals surface area (Å²) < 4.78 is 0. The molecular weight excluding hydrogens is 448 g/mol. The van der Waals surface area contributed by atoms with Crippen molar-refractivity contribution in [1.82, 2.24) is 19.9 Å². The van der Waals surface area contributed by atoms with Crippen molar-refractivity contribution in [2.45, 2.75) is 52.9 Å². The molecule has 0 bridgehead atoms. The largest absolute Gasteiger partial charge is 0.363 e. The van der Waals surface area contributed by atoms with Crippen molar-refractivity contribution in [2.75, 3.05) is 30.3 Å². The molecule has 0 saturated carbocycles. The van der Waals surface area contributed by atoms with Crippen LogP contribution in [0.25, 0.3) is 0 Å². The molecule has 1 fully saturated rings. The van der Waals surface area contributed by atoms with Crippen LogP contribution in [0.1, 0.15) is 54.5 Å². The number of aryl methyl sites for hydroxylation is 3. The summed E-state index contributed by atoms with van der Waals surface area (Å²) in [5.74, 6) is 1.79. The van der Waals surface area contributed by atoms with Crippen LogP contribution in [0.5, 0.6) is 0 Å². The molecule has 34 heavy (non-hydrogen) atoms. The normalized spacial score (nSPS) is 16.4. The lowest BCUT2D eigenvalue weighted by Gasteiger charge is -2.33. The number of rotatable bonds is 8. The van der Waals surface area contributed by atoms with Gasteiger partial charge in [-0.05, 0) is 74.9 Å². The number of hydrogen-bond acceptors (Lipinski definition) is 6. The van der Waals surface area contributed by atoms with Crippen molar-refractivity contribution in [1.29, 1.82) is 0 Å². The number of likely N-dealkylation sites (tertiary alicyclic amines) is 1. The van der Waals surface area contributed by atoms with Crippen LogP contribution in [-0.4, -0.2) is 45.3 Å². The molecule has 4 rings (SSSR count). The number of H-pyrrole nitrogens is 1. The Balaban J connectivity index is 1.50. The Hall–Kier alpha value is -2.90. The number of nitrogens with one attached hydrogen (secondary N) is 3. The Morgan fingerprint density at radius 2 is 2.03 bits per heavy atom. The van der Waals surface area contributed by atoms with Crippen molar-refractivity contribution in [3.05, 3.63) is 58.0 Å². The average molecular weight is 481 g/mol. The van der Waals surface area contributed by atoms with E-state index < -0.39 is 0 Å². The SMILES string of the molecule is CCC(=O)CN1CCCC(c2cc(C)c(Nc3ncc(Cl)c(Nc4c[nH]c(C)c4)n3)cc2C)C1. The maximum absolute atomic E-state index is 11.9. The Bertz CT molecular complexity index is 1170. The molecule has 0 radical (unpaired) electrons. The topological polar surface area (TPSA) is 85.9 Å². The molecule has 0 spiro atoms. The van der Waals surface area contributed by atoms with E-state index in [0.29, 0.717) is 41.5 Å². The summed E-state index contributed by atoms with van der Waals surface area (Å²) in [6.07, 6.45) is 6.35. The maximum atomic E-state index is 11.9. The third-order valence-electron chi connectivity index (χ3n) is 6.43. The molecule has 1 aromatic carbocycles. The van der Waals surface area contributed by atoms with Gasteiger partial charge in [-0.1, -0.05) is 24.6 Å². The first-order valence-corrected chi connectivity index (χ1v) is 12.3. The van der Waals surface area contributed by atoms with Gasteiger partial charge in [-0.2, -0.15) is 4.98 Å². The van der Waals surface area contributed by atoms with Gasteiger partial charge >= 0.3 is 0 Å². The van der Waals surface area contributed by atoms with E-state index in [0.717, 1.165) is 48.6 Å². The van der Waals surface area contributed by atoms with Crippen LogP contribution in [0.2, 0.25) is 5.02 Å². The third-order valence-corrected chi connectivity index (χ3v) is 6.71.